The van der Waals surface area contributed by atoms with Crippen molar-refractivity contribution in [2.24, 2.45) is 0 Å². The van der Waals surface area contributed by atoms with E-state index >= 15 is 0 Å². The quantitative estimate of drug-likeness (QED) is 0.808. The molecular weight excluding hydrogens is 302 g/mol. The lowest BCUT2D eigenvalue weighted by molar-refractivity contribution is 0.335. The predicted octanol–water partition coefficient (Wildman–Crippen LogP) is 2.83. The third kappa shape index (κ3) is 5.31. The van der Waals surface area contributed by atoms with Gasteiger partial charge in [-0.15, -0.1) is 12.4 Å². The third-order valence-corrected chi connectivity index (χ3v) is 3.37. The first-order valence-corrected chi connectivity index (χ1v) is 7.42. The maximum absolute atomic E-state index is 5.62. The van der Waals surface area contributed by atoms with E-state index in [1.54, 1.807) is 0 Å². The second-order valence-electron chi connectivity index (χ2n) is 5.04. The van der Waals surface area contributed by atoms with E-state index < -0.39 is 0 Å². The van der Waals surface area contributed by atoms with Gasteiger partial charge in [0.2, 0.25) is 5.89 Å². The second kappa shape index (κ2) is 9.43. The summed E-state index contributed by atoms with van der Waals surface area (Å²) < 4.78 is 10.9. The number of nitrogens with one attached hydrogen (secondary N) is 1. The van der Waals surface area contributed by atoms with E-state index in [4.69, 9.17) is 9.26 Å². The topological polar surface area (TPSA) is 60.2 Å². The molecule has 1 atom stereocenters. The minimum atomic E-state index is 0. The van der Waals surface area contributed by atoms with E-state index in [0.29, 0.717) is 18.5 Å². The fourth-order valence-corrected chi connectivity index (χ4v) is 2.10. The van der Waals surface area contributed by atoms with Gasteiger partial charge in [-0.2, -0.15) is 4.98 Å². The minimum absolute atomic E-state index is 0. The van der Waals surface area contributed by atoms with Crippen molar-refractivity contribution in [1.82, 2.24) is 15.5 Å². The van der Waals surface area contributed by atoms with Crippen LogP contribution in [-0.2, 0) is 19.3 Å². The number of benzene rings is 1. The highest BCUT2D eigenvalue weighted by molar-refractivity contribution is 5.85. The Morgan fingerprint density at radius 1 is 1.27 bits per heavy atom. The first-order valence-electron chi connectivity index (χ1n) is 7.42. The summed E-state index contributed by atoms with van der Waals surface area (Å²) in [7, 11) is 1.93. The Balaban J connectivity index is 0.00000242. The Labute approximate surface area is 137 Å². The summed E-state index contributed by atoms with van der Waals surface area (Å²) in [5, 5.41) is 7.18. The number of para-hydroxylation sites is 1. The summed E-state index contributed by atoms with van der Waals surface area (Å²) in [5.41, 5.74) is 1.17. The second-order valence-corrected chi connectivity index (χ2v) is 5.04. The monoisotopic (exact) mass is 325 g/mol. The van der Waals surface area contributed by atoms with Gasteiger partial charge in [-0.05, 0) is 38.9 Å². The van der Waals surface area contributed by atoms with Crippen LogP contribution in [0.2, 0.25) is 0 Å². The molecular formula is C16H24ClN3O2. The van der Waals surface area contributed by atoms with Crippen LogP contribution in [0.25, 0.3) is 0 Å². The molecule has 0 aliphatic rings. The van der Waals surface area contributed by atoms with Gasteiger partial charge in [0.1, 0.15) is 5.75 Å². The van der Waals surface area contributed by atoms with Gasteiger partial charge in [-0.3, -0.25) is 0 Å². The summed E-state index contributed by atoms with van der Waals surface area (Å²) in [6, 6.07) is 8.41. The van der Waals surface area contributed by atoms with Gasteiger partial charge in [-0.1, -0.05) is 23.4 Å². The number of likely N-dealkylation sites (N-methyl/N-ethyl adjacent to an activating group) is 1. The molecule has 1 unspecified atom stereocenters. The van der Waals surface area contributed by atoms with Crippen LogP contribution in [0.3, 0.4) is 0 Å². The molecule has 0 saturated carbocycles. The Kier molecular flexibility index (Phi) is 7.91. The van der Waals surface area contributed by atoms with E-state index in [2.05, 4.69) is 28.4 Å². The van der Waals surface area contributed by atoms with Crippen molar-refractivity contribution in [3.05, 3.63) is 41.5 Å². The van der Waals surface area contributed by atoms with Crippen LogP contribution in [0.15, 0.2) is 28.8 Å². The van der Waals surface area contributed by atoms with Gasteiger partial charge in [0.05, 0.1) is 6.61 Å². The average molecular weight is 326 g/mol. The largest absolute Gasteiger partial charge is 0.494 e. The summed E-state index contributed by atoms with van der Waals surface area (Å²) in [4.78, 5) is 4.43. The molecule has 1 heterocycles. The Morgan fingerprint density at radius 3 is 2.77 bits per heavy atom. The van der Waals surface area contributed by atoms with Gasteiger partial charge < -0.3 is 14.6 Å². The summed E-state index contributed by atoms with van der Waals surface area (Å²) in [6.45, 7) is 4.75. The van der Waals surface area contributed by atoms with E-state index in [9.17, 15) is 0 Å². The molecule has 22 heavy (non-hydrogen) atoms. The molecule has 5 nitrogen and oxygen atoms in total. The number of aromatic nitrogens is 2. The summed E-state index contributed by atoms with van der Waals surface area (Å²) >= 11 is 0. The molecule has 0 amide bonds. The van der Waals surface area contributed by atoms with E-state index in [1.165, 1.54) is 5.56 Å². The molecule has 0 fully saturated rings. The molecule has 0 radical (unpaired) electrons. The van der Waals surface area contributed by atoms with Gasteiger partial charge in [0.15, 0.2) is 5.82 Å². The first kappa shape index (κ1) is 18.5. The SMILES string of the molecule is CCOc1ccccc1CCc1nc(CC(C)NC)no1.Cl. The van der Waals surface area contributed by atoms with Crippen molar-refractivity contribution >= 4 is 12.4 Å². The molecule has 0 bridgehead atoms. The van der Waals surface area contributed by atoms with Crippen LogP contribution in [0, 0.1) is 0 Å². The summed E-state index contributed by atoms with van der Waals surface area (Å²) in [5.74, 6) is 2.37. The zero-order valence-corrected chi connectivity index (χ0v) is 14.2. The fourth-order valence-electron chi connectivity index (χ4n) is 2.10. The highest BCUT2D eigenvalue weighted by Crippen LogP contribution is 2.19. The molecule has 2 aromatic rings. The molecule has 1 aromatic heterocycles. The van der Waals surface area contributed by atoms with Crippen LogP contribution in [-0.4, -0.2) is 29.8 Å². The van der Waals surface area contributed by atoms with Crippen molar-refractivity contribution in [2.45, 2.75) is 39.2 Å². The zero-order chi connectivity index (χ0) is 15.1. The normalized spacial score (nSPS) is 11.8. The number of hydrogen-bond acceptors (Lipinski definition) is 5. The van der Waals surface area contributed by atoms with E-state index in [1.807, 2.05) is 32.2 Å². The highest BCUT2D eigenvalue weighted by atomic mass is 35.5. The third-order valence-electron chi connectivity index (χ3n) is 3.37. The van der Waals surface area contributed by atoms with Gasteiger partial charge in [0, 0.05) is 18.9 Å². The fraction of sp³-hybridized carbons (Fsp3) is 0.500. The zero-order valence-electron chi connectivity index (χ0n) is 13.3. The lowest BCUT2D eigenvalue weighted by Gasteiger charge is -2.08. The minimum Gasteiger partial charge on any atom is -0.494 e. The lowest BCUT2D eigenvalue weighted by atomic mass is 10.1. The number of nitrogens with zero attached hydrogens (tertiary/aromatic N) is 2. The van der Waals surface area contributed by atoms with Crippen molar-refractivity contribution < 1.29 is 9.26 Å². The molecule has 1 N–H and O–H groups in total. The Hall–Kier alpha value is -1.59. The van der Waals surface area contributed by atoms with Gasteiger partial charge in [-0.25, -0.2) is 0 Å². The maximum Gasteiger partial charge on any atom is 0.226 e. The van der Waals surface area contributed by atoms with Crippen LogP contribution < -0.4 is 10.1 Å². The molecule has 1 aromatic carbocycles. The van der Waals surface area contributed by atoms with Crippen LogP contribution in [0.4, 0.5) is 0 Å². The van der Waals surface area contributed by atoms with Crippen molar-refractivity contribution in [1.29, 1.82) is 0 Å². The van der Waals surface area contributed by atoms with Crippen LogP contribution >= 0.6 is 12.4 Å². The van der Waals surface area contributed by atoms with Crippen LogP contribution in [0.5, 0.6) is 5.75 Å². The number of ether oxygens (including phenoxy) is 1. The standard InChI is InChI=1S/C16H23N3O2.ClH/c1-4-20-14-8-6-5-7-13(14)9-10-16-18-15(19-21-16)11-12(2)17-3;/h5-8,12,17H,4,9-11H2,1-3H3;1H. The van der Waals surface area contributed by atoms with Crippen molar-refractivity contribution in [3.63, 3.8) is 0 Å². The Bertz CT molecular complexity index is 560. The van der Waals surface area contributed by atoms with Crippen molar-refractivity contribution in [3.8, 4) is 5.75 Å². The predicted molar refractivity (Wildman–Crippen MR) is 88.8 cm³/mol. The molecule has 122 valence electrons. The molecule has 0 saturated heterocycles. The number of halogens is 1. The Morgan fingerprint density at radius 2 is 2.05 bits per heavy atom. The van der Waals surface area contributed by atoms with Gasteiger partial charge >= 0.3 is 0 Å². The molecule has 0 spiro atoms. The number of hydrogen-bond donors (Lipinski definition) is 1. The van der Waals surface area contributed by atoms with Crippen LogP contribution in [0.1, 0.15) is 31.1 Å². The number of aryl methyl sites for hydroxylation is 2. The first-order chi connectivity index (χ1) is 10.2. The molecule has 0 aliphatic heterocycles. The smallest absolute Gasteiger partial charge is 0.226 e. The molecule has 6 heteroatoms. The van der Waals surface area contributed by atoms with Crippen molar-refractivity contribution in [2.75, 3.05) is 13.7 Å². The summed E-state index contributed by atoms with van der Waals surface area (Å²) in [6.07, 6.45) is 2.33. The average Bonchev–Trinajstić information content (AvgIpc) is 2.94. The number of rotatable bonds is 8. The molecule has 0 aliphatic carbocycles. The van der Waals surface area contributed by atoms with E-state index in [-0.39, 0.29) is 12.4 Å². The maximum atomic E-state index is 5.62. The lowest BCUT2D eigenvalue weighted by Crippen LogP contribution is -2.24. The molecule has 2 rings (SSSR count). The highest BCUT2D eigenvalue weighted by Gasteiger charge is 2.10. The van der Waals surface area contributed by atoms with Gasteiger partial charge in [0.25, 0.3) is 0 Å². The van der Waals surface area contributed by atoms with E-state index in [0.717, 1.165) is 30.8 Å².